The average Bonchev–Trinajstić information content (AvgIpc) is 2.76. The molecular formula is C23H21Cl3N2O4S. The Morgan fingerprint density at radius 2 is 1.67 bits per heavy atom. The average molecular weight is 528 g/mol. The maximum absolute atomic E-state index is 12.4. The molecular weight excluding hydrogens is 507 g/mol. The molecule has 10 heteroatoms. The number of hydrogen-bond acceptors (Lipinski definition) is 4. The number of hydrogen-bond donors (Lipinski definition) is 1. The number of benzene rings is 3. The zero-order valence-corrected chi connectivity index (χ0v) is 20.7. The third kappa shape index (κ3) is 7.01. The van der Waals surface area contributed by atoms with E-state index in [0.29, 0.717) is 39.2 Å². The molecule has 0 atom stereocenters. The number of carbonyl (C=O) groups excluding carboxylic acids is 1. The number of ether oxygens (including phenoxy) is 1. The molecule has 33 heavy (non-hydrogen) atoms. The van der Waals surface area contributed by atoms with Gasteiger partial charge in [-0.15, -0.1) is 0 Å². The van der Waals surface area contributed by atoms with Crippen molar-refractivity contribution >= 4 is 56.4 Å². The third-order valence-electron chi connectivity index (χ3n) is 4.60. The highest BCUT2D eigenvalue weighted by Crippen LogP contribution is 2.31. The molecule has 0 unspecified atom stereocenters. The van der Waals surface area contributed by atoms with Crippen molar-refractivity contribution in [2.24, 2.45) is 0 Å². The fourth-order valence-electron chi connectivity index (χ4n) is 2.98. The first kappa shape index (κ1) is 25.2. The van der Waals surface area contributed by atoms with Gasteiger partial charge in [0, 0.05) is 10.6 Å². The lowest BCUT2D eigenvalue weighted by atomic mass is 10.1. The van der Waals surface area contributed by atoms with Crippen molar-refractivity contribution in [2.45, 2.75) is 6.54 Å². The molecule has 0 spiro atoms. The summed E-state index contributed by atoms with van der Waals surface area (Å²) in [5.41, 5.74) is 1.45. The summed E-state index contributed by atoms with van der Waals surface area (Å²) in [6.07, 6.45) is 1.10. The van der Waals surface area contributed by atoms with Gasteiger partial charge in [-0.25, -0.2) is 8.42 Å². The van der Waals surface area contributed by atoms with Crippen LogP contribution in [0.4, 0.5) is 5.69 Å². The van der Waals surface area contributed by atoms with Crippen molar-refractivity contribution in [3.8, 4) is 5.75 Å². The van der Waals surface area contributed by atoms with Crippen molar-refractivity contribution in [1.82, 2.24) is 5.32 Å². The van der Waals surface area contributed by atoms with Gasteiger partial charge in [0.1, 0.15) is 12.4 Å². The second-order valence-electron chi connectivity index (χ2n) is 7.10. The number of carbonyl (C=O) groups is 1. The molecule has 0 radical (unpaired) electrons. The van der Waals surface area contributed by atoms with Gasteiger partial charge >= 0.3 is 0 Å². The lowest BCUT2D eigenvalue weighted by molar-refractivity contribution is 0.0947. The summed E-state index contributed by atoms with van der Waals surface area (Å²) in [4.78, 5) is 12.4. The van der Waals surface area contributed by atoms with Gasteiger partial charge in [-0.2, -0.15) is 0 Å². The van der Waals surface area contributed by atoms with E-state index in [-0.39, 0.29) is 24.1 Å². The molecule has 6 nitrogen and oxygen atoms in total. The first-order chi connectivity index (χ1) is 15.6. The molecule has 3 aromatic rings. The minimum atomic E-state index is -3.62. The van der Waals surface area contributed by atoms with E-state index in [9.17, 15) is 13.2 Å². The zero-order valence-electron chi connectivity index (χ0n) is 17.6. The van der Waals surface area contributed by atoms with E-state index < -0.39 is 10.0 Å². The van der Waals surface area contributed by atoms with Crippen LogP contribution in [0.5, 0.6) is 5.75 Å². The minimum absolute atomic E-state index is 0.0494. The summed E-state index contributed by atoms with van der Waals surface area (Å²) in [7, 11) is -3.62. The van der Waals surface area contributed by atoms with Crippen molar-refractivity contribution in [3.05, 3.63) is 92.9 Å². The Balaban J connectivity index is 1.61. The topological polar surface area (TPSA) is 75.7 Å². The molecule has 0 heterocycles. The molecule has 0 bridgehead atoms. The van der Waals surface area contributed by atoms with Crippen LogP contribution in [0.15, 0.2) is 66.7 Å². The van der Waals surface area contributed by atoms with Crippen molar-refractivity contribution in [3.63, 3.8) is 0 Å². The maximum Gasteiger partial charge on any atom is 0.251 e. The van der Waals surface area contributed by atoms with E-state index in [2.05, 4.69) is 5.32 Å². The highest BCUT2D eigenvalue weighted by atomic mass is 35.5. The van der Waals surface area contributed by atoms with Gasteiger partial charge in [-0.3, -0.25) is 9.10 Å². The number of nitrogens with one attached hydrogen (secondary N) is 1. The van der Waals surface area contributed by atoms with E-state index in [1.807, 2.05) is 6.07 Å². The number of amides is 1. The van der Waals surface area contributed by atoms with E-state index in [1.54, 1.807) is 54.6 Å². The normalized spacial score (nSPS) is 11.2. The van der Waals surface area contributed by atoms with Gasteiger partial charge in [0.25, 0.3) is 5.91 Å². The molecule has 1 N–H and O–H groups in total. The molecule has 3 rings (SSSR count). The number of anilines is 1. The molecule has 0 aliphatic heterocycles. The van der Waals surface area contributed by atoms with Gasteiger partial charge in [-0.1, -0.05) is 59.1 Å². The van der Waals surface area contributed by atoms with Gasteiger partial charge in [0.05, 0.1) is 35.1 Å². The Hall–Kier alpha value is -2.45. The van der Waals surface area contributed by atoms with Crippen LogP contribution < -0.4 is 14.4 Å². The Kier molecular flexibility index (Phi) is 8.48. The molecule has 0 aliphatic rings. The van der Waals surface area contributed by atoms with Crippen molar-refractivity contribution in [1.29, 1.82) is 0 Å². The first-order valence-electron chi connectivity index (χ1n) is 9.82. The van der Waals surface area contributed by atoms with Crippen molar-refractivity contribution in [2.75, 3.05) is 23.7 Å². The maximum atomic E-state index is 12.4. The molecule has 0 saturated carbocycles. The summed E-state index contributed by atoms with van der Waals surface area (Å²) in [5.74, 6) is 0.277. The zero-order chi connectivity index (χ0) is 24.0. The third-order valence-corrected chi connectivity index (χ3v) is 6.58. The lowest BCUT2D eigenvalue weighted by Gasteiger charge is -2.23. The van der Waals surface area contributed by atoms with Gasteiger partial charge < -0.3 is 10.1 Å². The quantitative estimate of drug-likeness (QED) is 0.377. The van der Waals surface area contributed by atoms with Crippen molar-refractivity contribution < 1.29 is 17.9 Å². The van der Waals surface area contributed by atoms with Crippen LogP contribution in [0.2, 0.25) is 15.1 Å². The highest BCUT2D eigenvalue weighted by Gasteiger charge is 2.21. The molecule has 174 valence electrons. The Labute approximate surface area is 208 Å². The number of nitrogens with zero attached hydrogens (tertiary/aromatic N) is 1. The molecule has 0 aliphatic carbocycles. The van der Waals surface area contributed by atoms with Gasteiger partial charge in [0.2, 0.25) is 10.0 Å². The standard InChI is InChI=1S/C23H21Cl3N2O4S/c1-33(30,31)28(21-11-10-18(24)14-20(21)26)15-16-6-8-17(9-7-16)23(29)27-12-13-32-22-5-3-2-4-19(22)25/h2-11,14H,12-13,15H2,1H3,(H,27,29). The van der Waals surface area contributed by atoms with Crippen LogP contribution >= 0.6 is 34.8 Å². The first-order valence-corrected chi connectivity index (χ1v) is 12.8. The smallest absolute Gasteiger partial charge is 0.251 e. The van der Waals surface area contributed by atoms with Crippen LogP contribution in [0.1, 0.15) is 15.9 Å². The highest BCUT2D eigenvalue weighted by molar-refractivity contribution is 7.92. The van der Waals surface area contributed by atoms with E-state index in [1.165, 1.54) is 10.4 Å². The molecule has 1 amide bonds. The number of sulfonamides is 1. The summed E-state index contributed by atoms with van der Waals surface area (Å²) in [5, 5.41) is 3.90. The van der Waals surface area contributed by atoms with E-state index in [4.69, 9.17) is 39.5 Å². The van der Waals surface area contributed by atoms with Crippen LogP contribution in [0, 0.1) is 0 Å². The van der Waals surface area contributed by atoms with E-state index >= 15 is 0 Å². The lowest BCUT2D eigenvalue weighted by Crippen LogP contribution is -2.30. The van der Waals surface area contributed by atoms with Gasteiger partial charge in [0.15, 0.2) is 0 Å². The number of para-hydroxylation sites is 1. The molecule has 0 aromatic heterocycles. The predicted octanol–water partition coefficient (Wildman–Crippen LogP) is 5.42. The van der Waals surface area contributed by atoms with Crippen LogP contribution in [0.25, 0.3) is 0 Å². The predicted molar refractivity (Wildman–Crippen MR) is 133 cm³/mol. The van der Waals surface area contributed by atoms with Crippen LogP contribution in [0.3, 0.4) is 0 Å². The summed E-state index contributed by atoms with van der Waals surface area (Å²) in [6.45, 7) is 0.606. The van der Waals surface area contributed by atoms with Crippen LogP contribution in [-0.4, -0.2) is 33.7 Å². The monoisotopic (exact) mass is 526 g/mol. The van der Waals surface area contributed by atoms with Crippen LogP contribution in [-0.2, 0) is 16.6 Å². The Morgan fingerprint density at radius 3 is 2.30 bits per heavy atom. The Morgan fingerprint density at radius 1 is 0.970 bits per heavy atom. The fraction of sp³-hybridized carbons (Fsp3) is 0.174. The number of halogens is 3. The summed E-state index contributed by atoms with van der Waals surface area (Å²) in [6, 6.07) is 18.3. The van der Waals surface area contributed by atoms with Gasteiger partial charge in [-0.05, 0) is 48.0 Å². The second kappa shape index (κ2) is 11.1. The SMILES string of the molecule is CS(=O)(=O)N(Cc1ccc(C(=O)NCCOc2ccccc2Cl)cc1)c1ccc(Cl)cc1Cl. The van der Waals surface area contributed by atoms with E-state index in [0.717, 1.165) is 6.26 Å². The summed E-state index contributed by atoms with van der Waals surface area (Å²) >= 11 is 18.2. The fourth-order valence-corrected chi connectivity index (χ4v) is 4.63. The summed E-state index contributed by atoms with van der Waals surface area (Å²) < 4.78 is 31.5. The Bertz CT molecular complexity index is 1230. The molecule has 0 fully saturated rings. The largest absolute Gasteiger partial charge is 0.490 e. The molecule has 0 saturated heterocycles. The molecule has 3 aromatic carbocycles. The number of rotatable bonds is 9. The second-order valence-corrected chi connectivity index (χ2v) is 10.3. The minimum Gasteiger partial charge on any atom is -0.490 e.